The van der Waals surface area contributed by atoms with Crippen LogP contribution in [0.2, 0.25) is 0 Å². The molecule has 0 aliphatic carbocycles. The molecule has 1 fully saturated rings. The second-order valence-corrected chi connectivity index (χ2v) is 8.37. The summed E-state index contributed by atoms with van der Waals surface area (Å²) in [5.74, 6) is 0.989. The summed E-state index contributed by atoms with van der Waals surface area (Å²) < 4.78 is 15.4. The smallest absolute Gasteiger partial charge is 0.233 e. The van der Waals surface area contributed by atoms with Gasteiger partial charge in [0.2, 0.25) is 5.91 Å². The van der Waals surface area contributed by atoms with Gasteiger partial charge in [-0.25, -0.2) is 4.39 Å². The number of rotatable bonds is 7. The molecule has 5 nitrogen and oxygen atoms in total. The zero-order valence-corrected chi connectivity index (χ0v) is 17.7. The van der Waals surface area contributed by atoms with Crippen molar-refractivity contribution in [2.24, 2.45) is 0 Å². The monoisotopic (exact) mass is 424 g/mol. The van der Waals surface area contributed by atoms with Crippen LogP contribution in [0.5, 0.6) is 0 Å². The summed E-state index contributed by atoms with van der Waals surface area (Å²) in [7, 11) is 0. The fourth-order valence-electron chi connectivity index (χ4n) is 3.67. The van der Waals surface area contributed by atoms with E-state index in [2.05, 4.69) is 22.3 Å². The van der Waals surface area contributed by atoms with E-state index in [-0.39, 0.29) is 11.7 Å². The summed E-state index contributed by atoms with van der Waals surface area (Å²) >= 11 is 1.39. The van der Waals surface area contributed by atoms with Crippen LogP contribution in [0.4, 0.5) is 4.39 Å². The predicted octanol–water partition coefficient (Wildman–Crippen LogP) is 4.30. The largest absolute Gasteiger partial charge is 0.342 e. The van der Waals surface area contributed by atoms with Gasteiger partial charge in [0.1, 0.15) is 11.6 Å². The van der Waals surface area contributed by atoms with E-state index >= 15 is 0 Å². The van der Waals surface area contributed by atoms with E-state index in [4.69, 9.17) is 0 Å². The van der Waals surface area contributed by atoms with Gasteiger partial charge in [0.05, 0.1) is 5.75 Å². The Labute approximate surface area is 180 Å². The van der Waals surface area contributed by atoms with Crippen molar-refractivity contribution in [2.75, 3.05) is 18.8 Å². The average molecular weight is 425 g/mol. The van der Waals surface area contributed by atoms with Gasteiger partial charge in [-0.1, -0.05) is 42.1 Å². The highest BCUT2D eigenvalue weighted by molar-refractivity contribution is 7.99. The number of nitrogens with zero attached hydrogens (tertiary/aromatic N) is 4. The molecule has 0 saturated carbocycles. The van der Waals surface area contributed by atoms with Gasteiger partial charge in [0, 0.05) is 25.2 Å². The van der Waals surface area contributed by atoms with Crippen LogP contribution < -0.4 is 0 Å². The topological polar surface area (TPSA) is 51.0 Å². The molecule has 1 saturated heterocycles. The van der Waals surface area contributed by atoms with Crippen LogP contribution in [-0.2, 0) is 17.6 Å². The lowest BCUT2D eigenvalue weighted by molar-refractivity contribution is -0.129. The van der Waals surface area contributed by atoms with Crippen molar-refractivity contribution < 1.29 is 9.18 Å². The number of benzene rings is 2. The zero-order valence-electron chi connectivity index (χ0n) is 16.8. The van der Waals surface area contributed by atoms with Gasteiger partial charge in [-0.15, -0.1) is 10.2 Å². The molecule has 1 aromatic heterocycles. The van der Waals surface area contributed by atoms with Gasteiger partial charge >= 0.3 is 0 Å². The average Bonchev–Trinajstić information content (AvgIpc) is 3.20. The minimum absolute atomic E-state index is 0.138. The highest BCUT2D eigenvalue weighted by Gasteiger charge is 2.20. The van der Waals surface area contributed by atoms with Crippen LogP contribution in [0.25, 0.3) is 5.69 Å². The summed E-state index contributed by atoms with van der Waals surface area (Å²) in [6.45, 7) is 1.68. The van der Waals surface area contributed by atoms with Crippen LogP contribution in [0, 0.1) is 5.82 Å². The van der Waals surface area contributed by atoms with E-state index in [1.54, 1.807) is 12.1 Å². The minimum Gasteiger partial charge on any atom is -0.342 e. The molecule has 1 aliphatic heterocycles. The lowest BCUT2D eigenvalue weighted by Gasteiger charge is -2.26. The van der Waals surface area contributed by atoms with E-state index in [9.17, 15) is 9.18 Å². The Morgan fingerprint density at radius 3 is 2.40 bits per heavy atom. The maximum atomic E-state index is 13.5. The second kappa shape index (κ2) is 9.89. The molecule has 156 valence electrons. The molecule has 3 aromatic rings. The molecule has 0 bridgehead atoms. The number of hydrogen-bond donors (Lipinski definition) is 0. The first kappa shape index (κ1) is 20.6. The predicted molar refractivity (Wildman–Crippen MR) is 116 cm³/mol. The molecule has 0 radical (unpaired) electrons. The number of carbonyl (C=O) groups excluding carboxylic acids is 1. The van der Waals surface area contributed by atoms with Crippen molar-refractivity contribution in [1.29, 1.82) is 0 Å². The van der Waals surface area contributed by atoms with Gasteiger partial charge in [-0.05, 0) is 55.5 Å². The summed E-state index contributed by atoms with van der Waals surface area (Å²) in [6, 6.07) is 16.5. The van der Waals surface area contributed by atoms with E-state index in [0.29, 0.717) is 17.3 Å². The highest BCUT2D eigenvalue weighted by Crippen LogP contribution is 2.24. The van der Waals surface area contributed by atoms with E-state index in [0.717, 1.165) is 43.9 Å². The molecule has 0 atom stereocenters. The molecule has 30 heavy (non-hydrogen) atoms. The molecule has 1 aliphatic rings. The van der Waals surface area contributed by atoms with Crippen molar-refractivity contribution >= 4 is 17.7 Å². The first-order valence-corrected chi connectivity index (χ1v) is 11.3. The molecule has 4 rings (SSSR count). The Morgan fingerprint density at radius 1 is 0.933 bits per heavy atom. The summed E-state index contributed by atoms with van der Waals surface area (Å²) in [6.07, 6.45) is 4.88. The van der Waals surface area contributed by atoms with E-state index in [1.807, 2.05) is 27.7 Å². The van der Waals surface area contributed by atoms with Crippen LogP contribution in [0.1, 0.15) is 30.7 Å². The highest BCUT2D eigenvalue weighted by atomic mass is 32.2. The Kier molecular flexibility index (Phi) is 6.79. The standard InChI is InChI=1S/C23H25FN4OS/c24-19-10-12-20(13-11-19)28-21(14-9-18-7-3-1-4-8-18)25-26-23(28)30-17-22(29)27-15-5-2-6-16-27/h1,3-4,7-8,10-13H,2,5-6,9,14-17H2. The number of aryl methyl sites for hydroxylation is 2. The van der Waals surface area contributed by atoms with Gasteiger partial charge in [0.25, 0.3) is 0 Å². The second-order valence-electron chi connectivity index (χ2n) is 7.43. The van der Waals surface area contributed by atoms with Gasteiger partial charge in [0.15, 0.2) is 5.16 Å². The Bertz CT molecular complexity index is 969. The molecule has 1 amide bonds. The maximum absolute atomic E-state index is 13.5. The Hall–Kier alpha value is -2.67. The van der Waals surface area contributed by atoms with Crippen LogP contribution in [0.15, 0.2) is 59.8 Å². The van der Waals surface area contributed by atoms with E-state index < -0.39 is 0 Å². The molecule has 2 heterocycles. The quantitative estimate of drug-likeness (QED) is 0.531. The van der Waals surface area contributed by atoms with Crippen LogP contribution in [0.3, 0.4) is 0 Å². The third-order valence-electron chi connectivity index (χ3n) is 5.30. The Morgan fingerprint density at radius 2 is 1.67 bits per heavy atom. The fourth-order valence-corrected chi connectivity index (χ4v) is 4.54. The molecule has 7 heteroatoms. The molecule has 0 unspecified atom stereocenters. The fraction of sp³-hybridized carbons (Fsp3) is 0.348. The van der Waals surface area contributed by atoms with Gasteiger partial charge in [-0.2, -0.15) is 0 Å². The SMILES string of the molecule is O=C(CSc1nnc(CCc2ccccc2)n1-c1ccc(F)cc1)N1CCCCC1. The van der Waals surface area contributed by atoms with E-state index in [1.165, 1.54) is 35.9 Å². The van der Waals surface area contributed by atoms with Crippen molar-refractivity contribution in [3.8, 4) is 5.69 Å². The normalized spacial score (nSPS) is 14.1. The van der Waals surface area contributed by atoms with Crippen LogP contribution >= 0.6 is 11.8 Å². The first-order chi connectivity index (χ1) is 14.7. The number of hydrogen-bond acceptors (Lipinski definition) is 4. The number of thioether (sulfide) groups is 1. The van der Waals surface area contributed by atoms with Crippen molar-refractivity contribution in [3.63, 3.8) is 0 Å². The zero-order chi connectivity index (χ0) is 20.8. The third-order valence-corrected chi connectivity index (χ3v) is 6.21. The van der Waals surface area contributed by atoms with Crippen LogP contribution in [-0.4, -0.2) is 44.4 Å². The van der Waals surface area contributed by atoms with Crippen molar-refractivity contribution in [2.45, 2.75) is 37.3 Å². The lowest BCUT2D eigenvalue weighted by atomic mass is 10.1. The maximum Gasteiger partial charge on any atom is 0.233 e. The number of likely N-dealkylation sites (tertiary alicyclic amines) is 1. The molecular formula is C23H25FN4OS. The number of halogens is 1. The molecule has 0 N–H and O–H groups in total. The first-order valence-electron chi connectivity index (χ1n) is 10.4. The number of aromatic nitrogens is 3. The molecular weight excluding hydrogens is 399 g/mol. The Balaban J connectivity index is 1.52. The van der Waals surface area contributed by atoms with Gasteiger partial charge in [-0.3, -0.25) is 9.36 Å². The summed E-state index contributed by atoms with van der Waals surface area (Å²) in [5.41, 5.74) is 2.03. The van der Waals surface area contributed by atoms with Crippen molar-refractivity contribution in [3.05, 3.63) is 71.8 Å². The molecule has 2 aromatic carbocycles. The summed E-state index contributed by atoms with van der Waals surface area (Å²) in [4.78, 5) is 14.5. The van der Waals surface area contributed by atoms with Gasteiger partial charge < -0.3 is 4.90 Å². The third kappa shape index (κ3) is 5.08. The number of piperidine rings is 1. The lowest BCUT2D eigenvalue weighted by Crippen LogP contribution is -2.36. The van der Waals surface area contributed by atoms with Crippen molar-refractivity contribution in [1.82, 2.24) is 19.7 Å². The minimum atomic E-state index is -0.285. The molecule has 0 spiro atoms. The summed E-state index contributed by atoms with van der Waals surface area (Å²) in [5, 5.41) is 9.41. The number of amides is 1. The number of carbonyl (C=O) groups is 1.